The van der Waals surface area contributed by atoms with Crippen LogP contribution in [0.1, 0.15) is 39.7 Å². The van der Waals surface area contributed by atoms with Gasteiger partial charge in [0.25, 0.3) is 0 Å². The van der Waals surface area contributed by atoms with Gasteiger partial charge in [0.1, 0.15) is 0 Å². The SMILES string of the molecule is CC1(C)OB(CCCc2ccsc2)OC1(C)C. The van der Waals surface area contributed by atoms with Gasteiger partial charge in [0.15, 0.2) is 0 Å². The topological polar surface area (TPSA) is 18.5 Å². The van der Waals surface area contributed by atoms with E-state index < -0.39 is 0 Å². The average Bonchev–Trinajstić information content (AvgIpc) is 2.74. The Hall–Kier alpha value is -0.315. The maximum atomic E-state index is 5.96. The van der Waals surface area contributed by atoms with Crippen molar-refractivity contribution in [3.8, 4) is 0 Å². The van der Waals surface area contributed by atoms with E-state index in [1.54, 1.807) is 11.3 Å². The van der Waals surface area contributed by atoms with Crippen LogP contribution in [0.25, 0.3) is 0 Å². The highest BCUT2D eigenvalue weighted by atomic mass is 32.1. The molecule has 1 saturated heterocycles. The summed E-state index contributed by atoms with van der Waals surface area (Å²) in [6.07, 6.45) is 3.21. The Bertz CT molecular complexity index is 344. The first-order chi connectivity index (χ1) is 7.91. The number of thiophene rings is 1. The molecule has 0 N–H and O–H groups in total. The molecule has 2 nitrogen and oxygen atoms in total. The van der Waals surface area contributed by atoms with Gasteiger partial charge in [-0.1, -0.05) is 6.42 Å². The zero-order valence-corrected chi connectivity index (χ0v) is 12.0. The van der Waals surface area contributed by atoms with Crippen LogP contribution < -0.4 is 0 Å². The highest BCUT2D eigenvalue weighted by molar-refractivity contribution is 7.07. The van der Waals surface area contributed by atoms with Crippen molar-refractivity contribution >= 4 is 18.5 Å². The van der Waals surface area contributed by atoms with E-state index in [0.29, 0.717) is 0 Å². The van der Waals surface area contributed by atoms with Gasteiger partial charge in [0.2, 0.25) is 0 Å². The second-order valence-corrected chi connectivity index (χ2v) is 6.49. The zero-order valence-electron chi connectivity index (χ0n) is 11.2. The van der Waals surface area contributed by atoms with Crippen molar-refractivity contribution in [3.63, 3.8) is 0 Å². The lowest BCUT2D eigenvalue weighted by molar-refractivity contribution is 0.00578. The Morgan fingerprint density at radius 1 is 1.18 bits per heavy atom. The molecule has 2 heterocycles. The third kappa shape index (κ3) is 2.93. The first kappa shape index (κ1) is 13.1. The monoisotopic (exact) mass is 252 g/mol. The minimum Gasteiger partial charge on any atom is -0.403 e. The molecule has 0 bridgehead atoms. The van der Waals surface area contributed by atoms with Gasteiger partial charge in [-0.25, -0.2) is 0 Å². The molecule has 94 valence electrons. The number of aryl methyl sites for hydroxylation is 1. The highest BCUT2D eigenvalue weighted by Crippen LogP contribution is 2.38. The van der Waals surface area contributed by atoms with Gasteiger partial charge in [0.05, 0.1) is 11.2 Å². The van der Waals surface area contributed by atoms with Crippen molar-refractivity contribution in [1.29, 1.82) is 0 Å². The standard InChI is InChI=1S/C13H21BO2S/c1-12(2)13(3,4)16-14(15-12)8-5-6-11-7-9-17-10-11/h7,9-10H,5-6,8H2,1-4H3. The summed E-state index contributed by atoms with van der Waals surface area (Å²) in [7, 11) is -0.0429. The van der Waals surface area contributed by atoms with Crippen LogP contribution >= 0.6 is 11.3 Å². The molecule has 0 spiro atoms. The molecule has 0 unspecified atom stereocenters. The van der Waals surface area contributed by atoms with Crippen LogP contribution in [0.5, 0.6) is 0 Å². The molecule has 4 heteroatoms. The molecule has 1 aromatic heterocycles. The van der Waals surface area contributed by atoms with Crippen molar-refractivity contribution in [2.45, 2.75) is 58.1 Å². The fraction of sp³-hybridized carbons (Fsp3) is 0.692. The molecule has 2 rings (SSSR count). The zero-order chi connectivity index (χ0) is 12.5. The van der Waals surface area contributed by atoms with Crippen molar-refractivity contribution in [2.24, 2.45) is 0 Å². The van der Waals surface area contributed by atoms with Gasteiger partial charge in [-0.05, 0) is 62.8 Å². The van der Waals surface area contributed by atoms with Crippen LogP contribution in [0.2, 0.25) is 6.32 Å². The minimum absolute atomic E-state index is 0.0429. The summed E-state index contributed by atoms with van der Waals surface area (Å²) in [5.74, 6) is 0. The van der Waals surface area contributed by atoms with E-state index in [0.717, 1.165) is 19.2 Å². The largest absolute Gasteiger partial charge is 0.457 e. The molecule has 0 radical (unpaired) electrons. The Balaban J connectivity index is 1.78. The lowest BCUT2D eigenvalue weighted by Crippen LogP contribution is -2.41. The lowest BCUT2D eigenvalue weighted by atomic mass is 9.82. The Kier molecular flexibility index (Phi) is 3.67. The first-order valence-electron chi connectivity index (χ1n) is 6.27. The van der Waals surface area contributed by atoms with E-state index in [9.17, 15) is 0 Å². The predicted molar refractivity (Wildman–Crippen MR) is 73.5 cm³/mol. The fourth-order valence-corrected chi connectivity index (χ4v) is 2.69. The van der Waals surface area contributed by atoms with Gasteiger partial charge < -0.3 is 9.31 Å². The number of rotatable bonds is 4. The highest BCUT2D eigenvalue weighted by Gasteiger charge is 2.50. The lowest BCUT2D eigenvalue weighted by Gasteiger charge is -2.32. The Morgan fingerprint density at radius 3 is 2.35 bits per heavy atom. The van der Waals surface area contributed by atoms with Crippen molar-refractivity contribution in [1.82, 2.24) is 0 Å². The Morgan fingerprint density at radius 2 is 1.82 bits per heavy atom. The molecule has 0 aromatic carbocycles. The van der Waals surface area contributed by atoms with Crippen molar-refractivity contribution in [3.05, 3.63) is 22.4 Å². The van der Waals surface area contributed by atoms with E-state index in [1.807, 2.05) is 0 Å². The normalized spacial score (nSPS) is 22.0. The summed E-state index contributed by atoms with van der Waals surface area (Å²) in [6, 6.07) is 2.19. The van der Waals surface area contributed by atoms with Crippen LogP contribution in [0.15, 0.2) is 16.8 Å². The Labute approximate surface area is 108 Å². The molecule has 0 atom stereocenters. The quantitative estimate of drug-likeness (QED) is 0.759. The van der Waals surface area contributed by atoms with Gasteiger partial charge in [-0.3, -0.25) is 0 Å². The van der Waals surface area contributed by atoms with Gasteiger partial charge in [-0.15, -0.1) is 0 Å². The van der Waals surface area contributed by atoms with E-state index in [4.69, 9.17) is 9.31 Å². The molecular formula is C13H21BO2S. The summed E-state index contributed by atoms with van der Waals surface area (Å²) in [5.41, 5.74) is 1.03. The van der Waals surface area contributed by atoms with Crippen molar-refractivity contribution in [2.75, 3.05) is 0 Å². The second-order valence-electron chi connectivity index (χ2n) is 5.71. The predicted octanol–water partition coefficient (Wildman–Crippen LogP) is 3.77. The van der Waals surface area contributed by atoms with E-state index in [1.165, 1.54) is 5.56 Å². The minimum atomic E-state index is -0.194. The van der Waals surface area contributed by atoms with Crippen LogP contribution in [0.4, 0.5) is 0 Å². The molecule has 1 aliphatic rings. The van der Waals surface area contributed by atoms with E-state index >= 15 is 0 Å². The van der Waals surface area contributed by atoms with Gasteiger partial charge in [0, 0.05) is 0 Å². The van der Waals surface area contributed by atoms with E-state index in [2.05, 4.69) is 44.5 Å². The van der Waals surface area contributed by atoms with Crippen LogP contribution in [0.3, 0.4) is 0 Å². The molecule has 0 saturated carbocycles. The van der Waals surface area contributed by atoms with Crippen molar-refractivity contribution < 1.29 is 9.31 Å². The fourth-order valence-electron chi connectivity index (χ4n) is 1.99. The average molecular weight is 252 g/mol. The van der Waals surface area contributed by atoms with E-state index in [-0.39, 0.29) is 18.3 Å². The molecular weight excluding hydrogens is 231 g/mol. The second kappa shape index (κ2) is 4.75. The molecule has 17 heavy (non-hydrogen) atoms. The first-order valence-corrected chi connectivity index (χ1v) is 7.22. The molecule has 1 aliphatic heterocycles. The third-order valence-electron chi connectivity index (χ3n) is 3.79. The summed E-state index contributed by atoms with van der Waals surface area (Å²) in [4.78, 5) is 0. The molecule has 1 fully saturated rings. The van der Waals surface area contributed by atoms with Crippen LogP contribution in [0, 0.1) is 0 Å². The number of hydrogen-bond acceptors (Lipinski definition) is 3. The van der Waals surface area contributed by atoms with Gasteiger partial charge in [-0.2, -0.15) is 11.3 Å². The summed E-state index contributed by atoms with van der Waals surface area (Å²) in [5, 5.41) is 4.34. The molecule has 1 aromatic rings. The maximum Gasteiger partial charge on any atom is 0.457 e. The van der Waals surface area contributed by atoms with Crippen LogP contribution in [-0.2, 0) is 15.7 Å². The number of hydrogen-bond donors (Lipinski definition) is 0. The smallest absolute Gasteiger partial charge is 0.403 e. The molecule has 0 amide bonds. The third-order valence-corrected chi connectivity index (χ3v) is 4.52. The molecule has 0 aliphatic carbocycles. The summed E-state index contributed by atoms with van der Waals surface area (Å²) in [6.45, 7) is 8.41. The maximum absolute atomic E-state index is 5.96. The summed E-state index contributed by atoms with van der Waals surface area (Å²) < 4.78 is 11.9. The summed E-state index contributed by atoms with van der Waals surface area (Å²) >= 11 is 1.76. The van der Waals surface area contributed by atoms with Crippen LogP contribution in [-0.4, -0.2) is 18.3 Å². The van der Waals surface area contributed by atoms with Gasteiger partial charge >= 0.3 is 7.12 Å².